The van der Waals surface area contributed by atoms with Crippen molar-refractivity contribution < 1.29 is 4.79 Å². The third kappa shape index (κ3) is 6.78. The molecule has 190 valence electrons. The third-order valence-corrected chi connectivity index (χ3v) is 7.67. The van der Waals surface area contributed by atoms with E-state index in [0.29, 0.717) is 21.9 Å². The van der Waals surface area contributed by atoms with Gasteiger partial charge in [-0.2, -0.15) is 0 Å². The first-order valence-corrected chi connectivity index (χ1v) is 13.3. The summed E-state index contributed by atoms with van der Waals surface area (Å²) in [5.41, 5.74) is 0.970. The van der Waals surface area contributed by atoms with Gasteiger partial charge in [-0.15, -0.1) is 0 Å². The van der Waals surface area contributed by atoms with Crippen LogP contribution in [0.1, 0.15) is 45.2 Å². The summed E-state index contributed by atoms with van der Waals surface area (Å²) in [6.07, 6.45) is 6.09. The molecule has 0 unspecified atom stereocenters. The number of hydrogen-bond acceptors (Lipinski definition) is 6. The average molecular weight is 520 g/mol. The maximum Gasteiger partial charge on any atom is 0.222 e. The predicted molar refractivity (Wildman–Crippen MR) is 143 cm³/mol. The smallest absolute Gasteiger partial charge is 0.222 e. The van der Waals surface area contributed by atoms with Crippen LogP contribution in [0, 0.1) is 17.8 Å². The maximum absolute atomic E-state index is 11.8. The zero-order valence-electron chi connectivity index (χ0n) is 20.8. The van der Waals surface area contributed by atoms with E-state index in [1.165, 1.54) is 12.8 Å². The molecule has 1 aromatic heterocycles. The number of nitrogens with one attached hydrogen (secondary N) is 2. The van der Waals surface area contributed by atoms with Crippen molar-refractivity contribution in [1.29, 1.82) is 0 Å². The minimum absolute atomic E-state index is 0.0213. The van der Waals surface area contributed by atoms with E-state index >= 15 is 0 Å². The second-order valence-corrected chi connectivity index (χ2v) is 11.0. The Labute approximate surface area is 218 Å². The third-order valence-electron chi connectivity index (χ3n) is 7.11. The fraction of sp³-hybridized carbons (Fsp3) is 0.577. The van der Waals surface area contributed by atoms with Crippen molar-refractivity contribution in [1.82, 2.24) is 20.2 Å². The zero-order valence-corrected chi connectivity index (χ0v) is 22.3. The van der Waals surface area contributed by atoms with Gasteiger partial charge in [-0.3, -0.25) is 9.78 Å². The molecule has 2 fully saturated rings. The molecule has 4 rings (SSSR count). The Morgan fingerprint density at radius 3 is 2.69 bits per heavy atom. The number of anilines is 2. The minimum atomic E-state index is -0.0213. The number of amides is 1. The summed E-state index contributed by atoms with van der Waals surface area (Å²) in [5, 5.41) is 7.71. The number of halogens is 2. The van der Waals surface area contributed by atoms with Crippen LogP contribution in [0.4, 0.5) is 11.6 Å². The van der Waals surface area contributed by atoms with E-state index in [1.54, 1.807) is 12.3 Å². The normalized spacial score (nSPS) is 19.9. The first-order valence-electron chi connectivity index (χ1n) is 12.6. The molecule has 2 aromatic rings. The summed E-state index contributed by atoms with van der Waals surface area (Å²) in [6.45, 7) is 11.8. The largest absolute Gasteiger partial charge is 0.362 e. The molecule has 0 saturated carbocycles. The lowest BCUT2D eigenvalue weighted by atomic mass is 9.80. The number of benzene rings is 1. The van der Waals surface area contributed by atoms with Gasteiger partial charge in [0.1, 0.15) is 11.6 Å². The van der Waals surface area contributed by atoms with Gasteiger partial charge < -0.3 is 20.4 Å². The standard InChI is InChI=1S/C26H36Cl2N6O/c1-17(2)26(35)30-8-10-33-9-4-5-19(14-33)20-15-34(16-20)25-13-29-12-24(32-25)31-18(3)22-7-6-21(27)11-23(22)28/h6-7,11-13,17-20H,4-5,8-10,14-16H2,1-3H3,(H,30,35)(H,31,32)/t18-,19-/m1/s1. The zero-order chi connectivity index (χ0) is 24.9. The monoisotopic (exact) mass is 518 g/mol. The number of aromatic nitrogens is 2. The molecule has 2 saturated heterocycles. The summed E-state index contributed by atoms with van der Waals surface area (Å²) < 4.78 is 0. The van der Waals surface area contributed by atoms with Crippen molar-refractivity contribution in [3.8, 4) is 0 Å². The lowest BCUT2D eigenvalue weighted by Crippen LogP contribution is -2.54. The first kappa shape index (κ1) is 26.0. The Morgan fingerprint density at radius 1 is 1.14 bits per heavy atom. The molecule has 0 spiro atoms. The Bertz CT molecular complexity index is 1010. The number of hydrogen-bond donors (Lipinski definition) is 2. The molecule has 2 aliphatic rings. The number of rotatable bonds is 9. The molecule has 2 aliphatic heterocycles. The van der Waals surface area contributed by atoms with Gasteiger partial charge in [0, 0.05) is 48.7 Å². The predicted octanol–water partition coefficient (Wildman–Crippen LogP) is 4.88. The summed E-state index contributed by atoms with van der Waals surface area (Å²) in [6, 6.07) is 5.52. The topological polar surface area (TPSA) is 73.4 Å². The van der Waals surface area contributed by atoms with E-state index < -0.39 is 0 Å². The molecular weight excluding hydrogens is 483 g/mol. The molecular formula is C26H36Cl2N6O. The van der Waals surface area contributed by atoms with Gasteiger partial charge >= 0.3 is 0 Å². The second kappa shape index (κ2) is 11.8. The summed E-state index contributed by atoms with van der Waals surface area (Å²) in [7, 11) is 0. The first-order chi connectivity index (χ1) is 16.8. The van der Waals surface area contributed by atoms with E-state index in [-0.39, 0.29) is 17.9 Å². The van der Waals surface area contributed by atoms with Crippen molar-refractivity contribution in [3.63, 3.8) is 0 Å². The maximum atomic E-state index is 11.8. The molecule has 3 heterocycles. The highest BCUT2D eigenvalue weighted by atomic mass is 35.5. The Balaban J connectivity index is 1.26. The molecule has 2 atom stereocenters. The van der Waals surface area contributed by atoms with Gasteiger partial charge in [0.15, 0.2) is 0 Å². The Kier molecular flexibility index (Phi) is 8.73. The summed E-state index contributed by atoms with van der Waals surface area (Å²) in [4.78, 5) is 25.8. The SMILES string of the molecule is CC(C)C(=O)NCCN1CCC[C@@H](C2CN(c3cncc(N[C@H](C)c4ccc(Cl)cc4Cl)n3)C2)C1. The van der Waals surface area contributed by atoms with E-state index in [1.807, 2.05) is 39.1 Å². The van der Waals surface area contributed by atoms with Gasteiger partial charge in [-0.25, -0.2) is 4.98 Å². The number of carbonyl (C=O) groups is 1. The number of carbonyl (C=O) groups excluding carboxylic acids is 1. The molecule has 1 aromatic carbocycles. The highest BCUT2D eigenvalue weighted by Crippen LogP contribution is 2.34. The quantitative estimate of drug-likeness (QED) is 0.492. The van der Waals surface area contributed by atoms with E-state index in [9.17, 15) is 4.79 Å². The van der Waals surface area contributed by atoms with Crippen LogP contribution in [-0.4, -0.2) is 60.0 Å². The van der Waals surface area contributed by atoms with Crippen LogP contribution in [0.2, 0.25) is 10.0 Å². The number of likely N-dealkylation sites (tertiary alicyclic amines) is 1. The van der Waals surface area contributed by atoms with Crippen molar-refractivity contribution in [2.24, 2.45) is 17.8 Å². The number of piperidine rings is 1. The summed E-state index contributed by atoms with van der Waals surface area (Å²) >= 11 is 12.4. The highest BCUT2D eigenvalue weighted by Gasteiger charge is 2.36. The molecule has 0 bridgehead atoms. The summed E-state index contributed by atoms with van der Waals surface area (Å²) in [5.74, 6) is 3.19. The van der Waals surface area contributed by atoms with Crippen LogP contribution >= 0.6 is 23.2 Å². The van der Waals surface area contributed by atoms with Gasteiger partial charge in [0.2, 0.25) is 5.91 Å². The number of nitrogens with zero attached hydrogens (tertiary/aromatic N) is 4. The second-order valence-electron chi connectivity index (χ2n) is 10.1. The van der Waals surface area contributed by atoms with Crippen LogP contribution in [0.3, 0.4) is 0 Å². The lowest BCUT2D eigenvalue weighted by molar-refractivity contribution is -0.124. The molecule has 0 aliphatic carbocycles. The Morgan fingerprint density at radius 2 is 1.94 bits per heavy atom. The molecule has 35 heavy (non-hydrogen) atoms. The van der Waals surface area contributed by atoms with E-state index in [0.717, 1.165) is 56.5 Å². The fourth-order valence-electron chi connectivity index (χ4n) is 4.95. The molecule has 9 heteroatoms. The lowest BCUT2D eigenvalue weighted by Gasteiger charge is -2.47. The van der Waals surface area contributed by atoms with Crippen LogP contribution < -0.4 is 15.5 Å². The highest BCUT2D eigenvalue weighted by molar-refractivity contribution is 6.35. The van der Waals surface area contributed by atoms with Gasteiger partial charge in [0.25, 0.3) is 0 Å². The Hall–Kier alpha value is -2.09. The average Bonchev–Trinajstić information content (AvgIpc) is 2.78. The van der Waals surface area contributed by atoms with Crippen molar-refractivity contribution in [2.75, 3.05) is 49.5 Å². The van der Waals surface area contributed by atoms with Crippen LogP contribution in [0.25, 0.3) is 0 Å². The van der Waals surface area contributed by atoms with Gasteiger partial charge in [0.05, 0.1) is 18.4 Å². The van der Waals surface area contributed by atoms with Gasteiger partial charge in [-0.1, -0.05) is 43.1 Å². The van der Waals surface area contributed by atoms with Crippen molar-refractivity contribution in [2.45, 2.75) is 39.7 Å². The minimum Gasteiger partial charge on any atom is -0.362 e. The molecule has 2 N–H and O–H groups in total. The van der Waals surface area contributed by atoms with Crippen LogP contribution in [0.5, 0.6) is 0 Å². The van der Waals surface area contributed by atoms with Gasteiger partial charge in [-0.05, 0) is 55.8 Å². The van der Waals surface area contributed by atoms with Crippen LogP contribution in [-0.2, 0) is 4.79 Å². The van der Waals surface area contributed by atoms with E-state index in [4.69, 9.17) is 28.2 Å². The fourth-order valence-corrected chi connectivity index (χ4v) is 5.52. The molecule has 7 nitrogen and oxygen atoms in total. The molecule has 0 radical (unpaired) electrons. The van der Waals surface area contributed by atoms with Crippen LogP contribution in [0.15, 0.2) is 30.6 Å². The van der Waals surface area contributed by atoms with Crippen molar-refractivity contribution >= 4 is 40.7 Å². The van der Waals surface area contributed by atoms with Crippen molar-refractivity contribution in [3.05, 3.63) is 46.2 Å². The van der Waals surface area contributed by atoms with E-state index in [2.05, 4.69) is 25.4 Å². The molecule has 1 amide bonds.